The van der Waals surface area contributed by atoms with Crippen molar-refractivity contribution in [2.45, 2.75) is 32.1 Å². The highest BCUT2D eigenvalue weighted by Gasteiger charge is 2.29. The number of benzene rings is 1. The number of anilines is 1. The third kappa shape index (κ3) is 4.56. The molecule has 2 aromatic heterocycles. The van der Waals surface area contributed by atoms with E-state index < -0.39 is 0 Å². The Hall–Kier alpha value is -2.93. The van der Waals surface area contributed by atoms with Crippen molar-refractivity contribution in [3.05, 3.63) is 70.2 Å². The lowest BCUT2D eigenvalue weighted by molar-refractivity contribution is 0.0691. The molecule has 8 heteroatoms. The van der Waals surface area contributed by atoms with Crippen LogP contribution < -0.4 is 5.73 Å². The number of halogens is 1. The predicted octanol–water partition coefficient (Wildman–Crippen LogP) is 3.62. The number of oxazole rings is 1. The second-order valence-corrected chi connectivity index (χ2v) is 7.75. The Bertz CT molecular complexity index is 1020. The van der Waals surface area contributed by atoms with Gasteiger partial charge in [0.25, 0.3) is 5.91 Å². The summed E-state index contributed by atoms with van der Waals surface area (Å²) in [5, 5.41) is 0.698. The minimum absolute atomic E-state index is 0.0566. The van der Waals surface area contributed by atoms with Crippen LogP contribution in [0, 0.1) is 6.92 Å². The number of nitrogen functional groups attached to an aromatic ring is 1. The zero-order valence-electron chi connectivity index (χ0n) is 16.1. The molecule has 3 aromatic rings. The Kier molecular flexibility index (Phi) is 5.49. The summed E-state index contributed by atoms with van der Waals surface area (Å²) in [5.74, 6) is 1.47. The Morgan fingerprint density at radius 2 is 2.21 bits per heavy atom. The lowest BCUT2D eigenvalue weighted by Gasteiger charge is -2.31. The van der Waals surface area contributed by atoms with Gasteiger partial charge in [0.05, 0.1) is 12.1 Å². The standard InChI is InChI=1S/C21H22ClN5O2/c1-13-8-18(26-21(23)25-13)20(28)27-7-3-5-15(12-27)19-24-11-17(29-19)10-14-4-2-6-16(22)9-14/h2,4,6,8-9,11,15H,3,5,7,10,12H2,1H3,(H2,23,25,26)/t15-/m0/s1. The molecule has 1 fully saturated rings. The SMILES string of the molecule is Cc1cc(C(=O)N2CCC[C@H](c3ncc(Cc4cccc(Cl)c4)o3)C2)nc(N)n1. The first-order valence-corrected chi connectivity index (χ1v) is 9.95. The van der Waals surface area contributed by atoms with Crippen molar-refractivity contribution < 1.29 is 9.21 Å². The minimum Gasteiger partial charge on any atom is -0.445 e. The summed E-state index contributed by atoms with van der Waals surface area (Å²) in [7, 11) is 0. The molecule has 4 rings (SSSR count). The molecule has 150 valence electrons. The van der Waals surface area contributed by atoms with Crippen LogP contribution in [-0.4, -0.2) is 38.8 Å². The van der Waals surface area contributed by atoms with Crippen LogP contribution in [0.3, 0.4) is 0 Å². The Morgan fingerprint density at radius 3 is 3.00 bits per heavy atom. The number of rotatable bonds is 4. The maximum Gasteiger partial charge on any atom is 0.272 e. The van der Waals surface area contributed by atoms with E-state index in [-0.39, 0.29) is 17.8 Å². The van der Waals surface area contributed by atoms with E-state index >= 15 is 0 Å². The zero-order chi connectivity index (χ0) is 20.4. The van der Waals surface area contributed by atoms with Gasteiger partial charge in [-0.2, -0.15) is 0 Å². The molecule has 0 aliphatic carbocycles. The highest BCUT2D eigenvalue weighted by atomic mass is 35.5. The molecule has 0 saturated carbocycles. The van der Waals surface area contributed by atoms with Crippen molar-refractivity contribution in [1.82, 2.24) is 19.9 Å². The van der Waals surface area contributed by atoms with Crippen molar-refractivity contribution >= 4 is 23.5 Å². The van der Waals surface area contributed by atoms with E-state index in [4.69, 9.17) is 21.8 Å². The number of aromatic nitrogens is 3. The molecule has 0 unspecified atom stereocenters. The zero-order valence-corrected chi connectivity index (χ0v) is 16.9. The molecule has 7 nitrogen and oxygen atoms in total. The van der Waals surface area contributed by atoms with Crippen LogP contribution in [0.2, 0.25) is 5.02 Å². The predicted molar refractivity (Wildman–Crippen MR) is 110 cm³/mol. The molecular formula is C21H22ClN5O2. The Labute approximate surface area is 173 Å². The fraction of sp³-hybridized carbons (Fsp3) is 0.333. The van der Waals surface area contributed by atoms with Crippen LogP contribution in [0.4, 0.5) is 5.95 Å². The number of carbonyl (C=O) groups is 1. The molecule has 0 bridgehead atoms. The van der Waals surface area contributed by atoms with E-state index in [1.165, 1.54) is 0 Å². The first-order valence-electron chi connectivity index (χ1n) is 9.57. The van der Waals surface area contributed by atoms with Gasteiger partial charge >= 0.3 is 0 Å². The van der Waals surface area contributed by atoms with Crippen molar-refractivity contribution in [1.29, 1.82) is 0 Å². The van der Waals surface area contributed by atoms with Gasteiger partial charge in [-0.15, -0.1) is 0 Å². The average Bonchev–Trinajstić information content (AvgIpc) is 3.15. The highest BCUT2D eigenvalue weighted by Crippen LogP contribution is 2.28. The number of nitrogens with two attached hydrogens (primary N) is 1. The molecule has 1 aromatic carbocycles. The fourth-order valence-electron chi connectivity index (χ4n) is 3.67. The smallest absolute Gasteiger partial charge is 0.272 e. The number of nitrogens with zero attached hydrogens (tertiary/aromatic N) is 4. The van der Waals surface area contributed by atoms with Crippen LogP contribution in [-0.2, 0) is 6.42 Å². The van der Waals surface area contributed by atoms with Crippen LogP contribution in [0.15, 0.2) is 40.9 Å². The van der Waals surface area contributed by atoms with Gasteiger partial charge in [-0.3, -0.25) is 4.79 Å². The summed E-state index contributed by atoms with van der Waals surface area (Å²) in [6.45, 7) is 3.01. The Balaban J connectivity index is 1.46. The molecule has 0 radical (unpaired) electrons. The summed E-state index contributed by atoms with van der Waals surface area (Å²) < 4.78 is 6.00. The lowest BCUT2D eigenvalue weighted by Crippen LogP contribution is -2.39. The first kappa shape index (κ1) is 19.4. The van der Waals surface area contributed by atoms with Gasteiger partial charge < -0.3 is 15.1 Å². The summed E-state index contributed by atoms with van der Waals surface area (Å²) in [5.41, 5.74) is 7.76. The summed E-state index contributed by atoms with van der Waals surface area (Å²) in [6, 6.07) is 9.35. The van der Waals surface area contributed by atoms with Crippen LogP contribution in [0.5, 0.6) is 0 Å². The topological polar surface area (TPSA) is 98.1 Å². The summed E-state index contributed by atoms with van der Waals surface area (Å²) in [4.78, 5) is 27.3. The number of amides is 1. The van der Waals surface area contributed by atoms with Crippen molar-refractivity contribution in [3.8, 4) is 0 Å². The normalized spacial score (nSPS) is 16.8. The number of hydrogen-bond acceptors (Lipinski definition) is 6. The monoisotopic (exact) mass is 411 g/mol. The number of likely N-dealkylation sites (tertiary alicyclic amines) is 1. The van der Waals surface area contributed by atoms with E-state index in [1.807, 2.05) is 24.3 Å². The number of carbonyl (C=O) groups excluding carboxylic acids is 1. The van der Waals surface area contributed by atoms with Crippen molar-refractivity contribution in [2.75, 3.05) is 18.8 Å². The maximum absolute atomic E-state index is 12.9. The van der Waals surface area contributed by atoms with E-state index in [0.717, 1.165) is 24.2 Å². The summed E-state index contributed by atoms with van der Waals surface area (Å²) in [6.07, 6.45) is 4.18. The average molecular weight is 412 g/mol. The van der Waals surface area contributed by atoms with Crippen LogP contribution >= 0.6 is 11.6 Å². The third-order valence-corrected chi connectivity index (χ3v) is 5.22. The molecule has 1 amide bonds. The molecule has 29 heavy (non-hydrogen) atoms. The Morgan fingerprint density at radius 1 is 1.34 bits per heavy atom. The van der Waals surface area contributed by atoms with Gasteiger partial charge in [0.1, 0.15) is 11.5 Å². The number of aryl methyl sites for hydroxylation is 1. The minimum atomic E-state index is -0.141. The van der Waals surface area contributed by atoms with Crippen molar-refractivity contribution in [3.63, 3.8) is 0 Å². The van der Waals surface area contributed by atoms with E-state index in [0.29, 0.717) is 41.8 Å². The molecular weight excluding hydrogens is 390 g/mol. The largest absolute Gasteiger partial charge is 0.445 e. The molecule has 2 N–H and O–H groups in total. The second kappa shape index (κ2) is 8.21. The summed E-state index contributed by atoms with van der Waals surface area (Å²) >= 11 is 6.05. The second-order valence-electron chi connectivity index (χ2n) is 7.31. The van der Waals surface area contributed by atoms with E-state index in [2.05, 4.69) is 15.0 Å². The maximum atomic E-state index is 12.9. The lowest BCUT2D eigenvalue weighted by atomic mass is 9.97. The molecule has 1 aliphatic rings. The van der Waals surface area contributed by atoms with Gasteiger partial charge in [0, 0.05) is 30.2 Å². The van der Waals surface area contributed by atoms with E-state index in [1.54, 1.807) is 24.1 Å². The third-order valence-electron chi connectivity index (χ3n) is 4.99. The fourth-order valence-corrected chi connectivity index (χ4v) is 3.88. The van der Waals surface area contributed by atoms with Gasteiger partial charge in [-0.25, -0.2) is 15.0 Å². The molecule has 1 saturated heterocycles. The van der Waals surface area contributed by atoms with Gasteiger partial charge in [0.2, 0.25) is 5.95 Å². The molecule has 3 heterocycles. The van der Waals surface area contributed by atoms with Crippen LogP contribution in [0.25, 0.3) is 0 Å². The quantitative estimate of drug-likeness (QED) is 0.704. The highest BCUT2D eigenvalue weighted by molar-refractivity contribution is 6.30. The van der Waals surface area contributed by atoms with Gasteiger partial charge in [-0.1, -0.05) is 23.7 Å². The van der Waals surface area contributed by atoms with E-state index in [9.17, 15) is 4.79 Å². The number of piperidine rings is 1. The number of hydrogen-bond donors (Lipinski definition) is 1. The first-order chi connectivity index (χ1) is 14.0. The molecule has 1 aliphatic heterocycles. The molecule has 1 atom stereocenters. The van der Waals surface area contributed by atoms with Gasteiger partial charge in [-0.05, 0) is 43.5 Å². The van der Waals surface area contributed by atoms with Crippen LogP contribution in [0.1, 0.15) is 52.2 Å². The van der Waals surface area contributed by atoms with Crippen molar-refractivity contribution in [2.24, 2.45) is 0 Å². The molecule has 0 spiro atoms. The van der Waals surface area contributed by atoms with Gasteiger partial charge in [0.15, 0.2) is 5.89 Å².